The summed E-state index contributed by atoms with van der Waals surface area (Å²) in [6, 6.07) is 35.1. The number of ketones is 2. The van der Waals surface area contributed by atoms with Crippen molar-refractivity contribution in [3.8, 4) is 5.75 Å². The minimum Gasteiger partial charge on any atom is -0.497 e. The molecule has 8 rings (SSSR count). The van der Waals surface area contributed by atoms with Gasteiger partial charge in [-0.3, -0.25) is 29.3 Å². The number of primary amides is 1. The van der Waals surface area contributed by atoms with Crippen LogP contribution in [0.25, 0.3) is 0 Å². The van der Waals surface area contributed by atoms with Crippen LogP contribution in [0.5, 0.6) is 5.75 Å². The molecule has 372 valence electrons. The van der Waals surface area contributed by atoms with Gasteiger partial charge in [-0.2, -0.15) is 0 Å². The Balaban J connectivity index is 0.916. The van der Waals surface area contributed by atoms with Crippen molar-refractivity contribution in [2.75, 3.05) is 40.5 Å². The molecule has 0 spiro atoms. The van der Waals surface area contributed by atoms with Gasteiger partial charge in [0, 0.05) is 37.8 Å². The number of hydrogen-bond acceptors (Lipinski definition) is 13. The molecule has 17 heteroatoms. The van der Waals surface area contributed by atoms with E-state index in [9.17, 15) is 28.8 Å². The molecule has 2 saturated heterocycles. The molecule has 71 heavy (non-hydrogen) atoms. The maximum atomic E-state index is 14.0. The first-order chi connectivity index (χ1) is 34.3. The van der Waals surface area contributed by atoms with Crippen molar-refractivity contribution in [1.82, 2.24) is 25.8 Å². The van der Waals surface area contributed by atoms with Crippen LogP contribution in [0.2, 0.25) is 0 Å². The van der Waals surface area contributed by atoms with E-state index >= 15 is 0 Å². The highest BCUT2D eigenvalue weighted by molar-refractivity contribution is 6.25. The third-order valence-corrected chi connectivity index (χ3v) is 14.4. The van der Waals surface area contributed by atoms with Crippen molar-refractivity contribution >= 4 is 35.4 Å². The average Bonchev–Trinajstić information content (AvgIpc) is 3.91. The van der Waals surface area contributed by atoms with E-state index in [2.05, 4.69) is 52.3 Å². The molecule has 4 aliphatic rings. The summed E-state index contributed by atoms with van der Waals surface area (Å²) in [6.45, 7) is 2.00. The Labute approximate surface area is 413 Å². The van der Waals surface area contributed by atoms with Crippen molar-refractivity contribution in [2.24, 2.45) is 23.1 Å². The molecular formula is C54H62N8O9. The summed E-state index contributed by atoms with van der Waals surface area (Å²) in [5.41, 5.74) is 19.8. The largest absolute Gasteiger partial charge is 0.497 e. The number of benzene rings is 4. The molecule has 0 radical (unpaired) electrons. The number of nitrogens with zero attached hydrogens (tertiary/aromatic N) is 2. The van der Waals surface area contributed by atoms with E-state index in [0.29, 0.717) is 25.8 Å². The van der Waals surface area contributed by atoms with Gasteiger partial charge in [-0.15, -0.1) is 0 Å². The molecule has 0 aromatic heterocycles. The first-order valence-electron chi connectivity index (χ1n) is 24.0. The zero-order valence-corrected chi connectivity index (χ0v) is 40.2. The van der Waals surface area contributed by atoms with Gasteiger partial charge in [0.1, 0.15) is 24.4 Å². The molecular weight excluding hydrogens is 905 g/mol. The number of unbranched alkanes of at least 4 members (excludes halogenated alkanes) is 1. The number of ether oxygens (including phenoxy) is 3. The molecule has 1 aliphatic carbocycles. The summed E-state index contributed by atoms with van der Waals surface area (Å²) >= 11 is 0. The second-order valence-corrected chi connectivity index (χ2v) is 18.4. The minimum atomic E-state index is -1.40. The van der Waals surface area contributed by atoms with Gasteiger partial charge in [0.2, 0.25) is 29.3 Å². The molecule has 0 bridgehead atoms. The Kier molecular flexibility index (Phi) is 15.0. The van der Waals surface area contributed by atoms with Crippen LogP contribution < -0.4 is 37.9 Å². The smallest absolute Gasteiger partial charge is 0.404 e. The van der Waals surface area contributed by atoms with E-state index in [-0.39, 0.29) is 73.4 Å². The normalized spacial score (nSPS) is 21.0. The van der Waals surface area contributed by atoms with Crippen LogP contribution in [0, 0.1) is 5.92 Å². The third-order valence-electron chi connectivity index (χ3n) is 14.4. The number of piperazine rings is 1. The molecule has 0 saturated carbocycles. The SMILES string of the molecule is COc1ccc(C(NCCCCC(NC(=O)[C@@H](N)Cc2ccccc2)C(=O)NCCCC(=O)N2C3CN4C5=C(C(=O)C(N)=C(C)C5=O)C(COC(N)=O)C4(OC)C32)(c2ccccc2)c2ccccc2)cc1. The maximum Gasteiger partial charge on any atom is 0.404 e. The summed E-state index contributed by atoms with van der Waals surface area (Å²) in [4.78, 5) is 83.8. The van der Waals surface area contributed by atoms with E-state index < -0.39 is 64.8 Å². The van der Waals surface area contributed by atoms with Crippen molar-refractivity contribution in [1.29, 1.82) is 0 Å². The lowest BCUT2D eigenvalue weighted by Gasteiger charge is -2.41. The van der Waals surface area contributed by atoms with Crippen LogP contribution in [-0.4, -0.2) is 116 Å². The minimum absolute atomic E-state index is 0.0531. The van der Waals surface area contributed by atoms with Gasteiger partial charge in [-0.1, -0.05) is 103 Å². The van der Waals surface area contributed by atoms with Crippen LogP contribution in [0.1, 0.15) is 61.3 Å². The molecule has 2 fully saturated rings. The molecule has 17 nitrogen and oxygen atoms in total. The third kappa shape index (κ3) is 9.64. The Hall–Kier alpha value is -7.34. The number of carbonyl (C=O) groups excluding carboxylic acids is 6. The molecule has 4 aromatic carbocycles. The van der Waals surface area contributed by atoms with Gasteiger partial charge in [0.15, 0.2) is 5.72 Å². The van der Waals surface area contributed by atoms with Gasteiger partial charge in [0.25, 0.3) is 0 Å². The van der Waals surface area contributed by atoms with Crippen LogP contribution in [-0.2, 0) is 45.4 Å². The van der Waals surface area contributed by atoms with Crippen LogP contribution in [0.15, 0.2) is 138 Å². The summed E-state index contributed by atoms with van der Waals surface area (Å²) < 4.78 is 16.8. The Morgan fingerprint density at radius 1 is 0.803 bits per heavy atom. The number of carbonyl (C=O) groups is 6. The number of rotatable bonds is 22. The summed E-state index contributed by atoms with van der Waals surface area (Å²) in [5.74, 6) is -2.29. The van der Waals surface area contributed by atoms with E-state index in [1.54, 1.807) is 16.9 Å². The van der Waals surface area contributed by atoms with Gasteiger partial charge < -0.3 is 51.8 Å². The van der Waals surface area contributed by atoms with E-state index in [1.165, 1.54) is 14.0 Å². The van der Waals surface area contributed by atoms with Gasteiger partial charge in [-0.25, -0.2) is 4.79 Å². The molecule has 3 aliphatic heterocycles. The number of hydrogen-bond donors (Lipinski definition) is 6. The second kappa shape index (κ2) is 21.3. The predicted molar refractivity (Wildman–Crippen MR) is 264 cm³/mol. The number of nitrogens with one attached hydrogen (secondary N) is 3. The van der Waals surface area contributed by atoms with Gasteiger partial charge >= 0.3 is 6.09 Å². The summed E-state index contributed by atoms with van der Waals surface area (Å²) in [6.07, 6.45) is 1.08. The van der Waals surface area contributed by atoms with Gasteiger partial charge in [-0.05, 0) is 80.0 Å². The number of nitrogens with two attached hydrogens (primary N) is 3. The van der Waals surface area contributed by atoms with Crippen molar-refractivity contribution in [3.05, 3.63) is 160 Å². The van der Waals surface area contributed by atoms with Crippen LogP contribution in [0.4, 0.5) is 4.79 Å². The second-order valence-electron chi connectivity index (χ2n) is 18.4. The molecule has 5 unspecified atom stereocenters. The predicted octanol–water partition coefficient (Wildman–Crippen LogP) is 3.30. The summed E-state index contributed by atoms with van der Waals surface area (Å²) in [7, 11) is 3.06. The number of allylic oxidation sites excluding steroid dienone is 2. The number of fused-ring (bicyclic) bond motifs is 4. The number of Topliss-reactive ketones (excluding diaryl/α,β-unsaturated/α-hetero) is 2. The van der Waals surface area contributed by atoms with Gasteiger partial charge in [0.05, 0.1) is 42.0 Å². The van der Waals surface area contributed by atoms with Crippen LogP contribution in [0.3, 0.4) is 0 Å². The highest BCUT2D eigenvalue weighted by Crippen LogP contribution is 2.60. The monoisotopic (exact) mass is 966 g/mol. The zero-order chi connectivity index (χ0) is 50.5. The fourth-order valence-electron chi connectivity index (χ4n) is 10.8. The first kappa shape index (κ1) is 50.1. The highest BCUT2D eigenvalue weighted by Gasteiger charge is 2.77. The quantitative estimate of drug-likeness (QED) is 0.0287. The lowest BCUT2D eigenvalue weighted by atomic mass is 9.77. The molecule has 9 N–H and O–H groups in total. The zero-order valence-electron chi connectivity index (χ0n) is 40.2. The van der Waals surface area contributed by atoms with Crippen molar-refractivity contribution in [3.63, 3.8) is 0 Å². The number of methoxy groups -OCH3 is 2. The van der Waals surface area contributed by atoms with E-state index in [1.807, 2.05) is 78.9 Å². The molecule has 6 atom stereocenters. The van der Waals surface area contributed by atoms with Crippen molar-refractivity contribution < 1.29 is 43.0 Å². The Morgan fingerprint density at radius 2 is 1.42 bits per heavy atom. The summed E-state index contributed by atoms with van der Waals surface area (Å²) in [5, 5.41) is 9.74. The average molecular weight is 967 g/mol. The fraction of sp³-hybridized carbons (Fsp3) is 0.370. The Morgan fingerprint density at radius 3 is 2.03 bits per heavy atom. The van der Waals surface area contributed by atoms with E-state index in [4.69, 9.17) is 31.4 Å². The molecule has 4 aromatic rings. The molecule has 3 heterocycles. The molecule has 4 amide bonds. The van der Waals surface area contributed by atoms with E-state index in [0.717, 1.165) is 28.0 Å². The lowest BCUT2D eigenvalue weighted by Crippen LogP contribution is -2.56. The topological polar surface area (TPSA) is 251 Å². The standard InChI is InChI=1S/C54H62N8O9/c1-33-45(56)48(65)44-39(32-71-52(57)68)54(70-3)49-42(31-61(54)46(44)47(33)64)62(49)43(63)23-15-28-58-51(67)41(60-50(66)40(55)30-34-16-7-4-8-17-34)22-13-14-29-59-53(35-18-9-5-10-19-35,36-20-11-6-12-21-36)37-24-26-38(69-2)27-25-37/h4-12,16-21,24-27,39-42,49,59H,13-15,22-23,28-32,55-56H2,1-3H3,(H2,57,68)(H,58,67)(H,60,66)/t39?,40-,41?,42?,49?,54?,62?/m0/s1. The van der Waals surface area contributed by atoms with Crippen molar-refractivity contribution in [2.45, 2.75) is 80.9 Å². The Bertz CT molecular complexity index is 2660. The first-order valence-corrected chi connectivity index (χ1v) is 24.0. The lowest BCUT2D eigenvalue weighted by molar-refractivity contribution is -0.153. The number of amides is 4. The van der Waals surface area contributed by atoms with Crippen LogP contribution >= 0.6 is 0 Å². The highest BCUT2D eigenvalue weighted by atomic mass is 16.6. The fourth-order valence-corrected chi connectivity index (χ4v) is 10.8. The maximum absolute atomic E-state index is 14.0.